The first kappa shape index (κ1) is 22.7. The molecule has 2 fully saturated rings. The minimum absolute atomic E-state index is 0.0956. The van der Waals surface area contributed by atoms with Crippen molar-refractivity contribution in [1.29, 1.82) is 0 Å². The summed E-state index contributed by atoms with van der Waals surface area (Å²) in [7, 11) is 0. The molecule has 0 N–H and O–H groups in total. The summed E-state index contributed by atoms with van der Waals surface area (Å²) in [6, 6.07) is 25.7. The van der Waals surface area contributed by atoms with Crippen LogP contribution in [0.25, 0.3) is 0 Å². The number of carbonyl (C=O) groups is 2. The number of thioether (sulfide) groups is 1. The molecule has 4 nitrogen and oxygen atoms in total. The summed E-state index contributed by atoms with van der Waals surface area (Å²) in [6.07, 6.45) is 1.42. The SMILES string of the molecule is O=C(C(c1ccccc1)c1ccccc1)N1CCC2(CC1)SCCN2C(=O)c1cccc(F)c1. The van der Waals surface area contributed by atoms with E-state index in [0.717, 1.165) is 16.9 Å². The summed E-state index contributed by atoms with van der Waals surface area (Å²) < 4.78 is 13.7. The van der Waals surface area contributed by atoms with Crippen molar-refractivity contribution in [2.75, 3.05) is 25.4 Å². The Balaban J connectivity index is 1.34. The van der Waals surface area contributed by atoms with E-state index in [1.54, 1.807) is 23.9 Å². The molecule has 3 aromatic carbocycles. The Hall–Kier alpha value is -3.12. The molecule has 1 spiro atoms. The highest BCUT2D eigenvalue weighted by Crippen LogP contribution is 2.45. The molecule has 3 aromatic rings. The number of halogens is 1. The fourth-order valence-corrected chi connectivity index (χ4v) is 6.57. The van der Waals surface area contributed by atoms with Gasteiger partial charge in [0.2, 0.25) is 5.91 Å². The molecule has 34 heavy (non-hydrogen) atoms. The summed E-state index contributed by atoms with van der Waals surface area (Å²) in [4.78, 5) is 30.5. The van der Waals surface area contributed by atoms with E-state index in [4.69, 9.17) is 0 Å². The van der Waals surface area contributed by atoms with Crippen LogP contribution in [0.4, 0.5) is 4.39 Å². The van der Waals surface area contributed by atoms with Crippen molar-refractivity contribution in [3.05, 3.63) is 107 Å². The van der Waals surface area contributed by atoms with Gasteiger partial charge in [0.05, 0.1) is 10.8 Å². The maximum absolute atomic E-state index is 13.8. The minimum atomic E-state index is -0.403. The summed E-state index contributed by atoms with van der Waals surface area (Å²) in [5.41, 5.74) is 2.35. The van der Waals surface area contributed by atoms with Crippen LogP contribution < -0.4 is 0 Å². The predicted molar refractivity (Wildman–Crippen MR) is 133 cm³/mol. The summed E-state index contributed by atoms with van der Waals surface area (Å²) in [5, 5.41) is 0. The van der Waals surface area contributed by atoms with Crippen LogP contribution in [0.2, 0.25) is 0 Å². The van der Waals surface area contributed by atoms with Gasteiger partial charge in [0.1, 0.15) is 5.82 Å². The highest BCUT2D eigenvalue weighted by molar-refractivity contribution is 8.00. The molecular formula is C28H27FN2O2S. The van der Waals surface area contributed by atoms with Crippen molar-refractivity contribution in [2.45, 2.75) is 23.6 Å². The number of carbonyl (C=O) groups excluding carboxylic acids is 2. The quantitative estimate of drug-likeness (QED) is 0.524. The van der Waals surface area contributed by atoms with E-state index in [2.05, 4.69) is 0 Å². The van der Waals surface area contributed by atoms with Crippen molar-refractivity contribution in [1.82, 2.24) is 9.80 Å². The van der Waals surface area contributed by atoms with Crippen LogP contribution in [0.5, 0.6) is 0 Å². The lowest BCUT2D eigenvalue weighted by Gasteiger charge is -2.44. The summed E-state index contributed by atoms with van der Waals surface area (Å²) >= 11 is 1.79. The highest BCUT2D eigenvalue weighted by atomic mass is 32.2. The van der Waals surface area contributed by atoms with Crippen LogP contribution in [-0.2, 0) is 4.79 Å². The Morgan fingerprint density at radius 1 is 0.824 bits per heavy atom. The number of amides is 2. The van der Waals surface area contributed by atoms with Gasteiger partial charge in [-0.1, -0.05) is 66.7 Å². The molecule has 6 heteroatoms. The molecule has 0 saturated carbocycles. The number of likely N-dealkylation sites (tertiary alicyclic amines) is 1. The predicted octanol–water partition coefficient (Wildman–Crippen LogP) is 5.17. The van der Waals surface area contributed by atoms with Crippen LogP contribution in [0.1, 0.15) is 40.2 Å². The monoisotopic (exact) mass is 474 g/mol. The molecule has 5 rings (SSSR count). The van der Waals surface area contributed by atoms with Gasteiger partial charge in [-0.25, -0.2) is 4.39 Å². The lowest BCUT2D eigenvalue weighted by molar-refractivity contribution is -0.133. The number of nitrogens with zero attached hydrogens (tertiary/aromatic N) is 2. The molecule has 0 atom stereocenters. The Kier molecular flexibility index (Phi) is 6.42. The van der Waals surface area contributed by atoms with E-state index in [1.807, 2.05) is 70.5 Å². The third kappa shape index (κ3) is 4.34. The zero-order valence-electron chi connectivity index (χ0n) is 18.9. The van der Waals surface area contributed by atoms with Crippen molar-refractivity contribution in [2.24, 2.45) is 0 Å². The lowest BCUT2D eigenvalue weighted by Crippen LogP contribution is -2.54. The molecule has 0 bridgehead atoms. The average molecular weight is 475 g/mol. The van der Waals surface area contributed by atoms with Gasteiger partial charge in [0.15, 0.2) is 0 Å². The van der Waals surface area contributed by atoms with Crippen LogP contribution >= 0.6 is 11.8 Å². The maximum Gasteiger partial charge on any atom is 0.255 e. The number of hydrogen-bond acceptors (Lipinski definition) is 3. The summed E-state index contributed by atoms with van der Waals surface area (Å²) in [6.45, 7) is 1.83. The molecule has 2 aliphatic heterocycles. The van der Waals surface area contributed by atoms with E-state index in [1.165, 1.54) is 12.1 Å². The van der Waals surface area contributed by atoms with E-state index in [0.29, 0.717) is 38.0 Å². The van der Waals surface area contributed by atoms with Crippen molar-refractivity contribution in [3.8, 4) is 0 Å². The normalized spacial score (nSPS) is 17.4. The Morgan fingerprint density at radius 3 is 2.03 bits per heavy atom. The molecule has 2 heterocycles. The Bertz CT molecular complexity index is 1120. The second-order valence-electron chi connectivity index (χ2n) is 8.84. The molecule has 2 amide bonds. The standard InChI is InChI=1S/C28H27FN2O2S/c29-24-13-7-12-23(20-24)26(32)31-18-19-34-28(31)14-16-30(17-15-28)27(33)25(21-8-3-1-4-9-21)22-10-5-2-6-11-22/h1-13,20,25H,14-19H2. The summed E-state index contributed by atoms with van der Waals surface area (Å²) in [5.74, 6) is 0.0674. The van der Waals surface area contributed by atoms with E-state index >= 15 is 0 Å². The molecule has 174 valence electrons. The first-order valence-electron chi connectivity index (χ1n) is 11.7. The zero-order valence-corrected chi connectivity index (χ0v) is 19.7. The number of piperidine rings is 1. The van der Waals surface area contributed by atoms with Crippen LogP contribution in [0, 0.1) is 5.82 Å². The Morgan fingerprint density at radius 2 is 1.44 bits per heavy atom. The van der Waals surface area contributed by atoms with Gasteiger partial charge in [0.25, 0.3) is 5.91 Å². The largest absolute Gasteiger partial charge is 0.342 e. The molecule has 2 saturated heterocycles. The van der Waals surface area contributed by atoms with Crippen molar-refractivity contribution in [3.63, 3.8) is 0 Å². The molecular weight excluding hydrogens is 447 g/mol. The smallest absolute Gasteiger partial charge is 0.255 e. The van der Waals surface area contributed by atoms with E-state index in [9.17, 15) is 14.0 Å². The third-order valence-corrected chi connectivity index (χ3v) is 8.42. The third-order valence-electron chi connectivity index (χ3n) is 6.86. The maximum atomic E-state index is 13.8. The van der Waals surface area contributed by atoms with Crippen molar-refractivity contribution >= 4 is 23.6 Å². The van der Waals surface area contributed by atoms with Crippen LogP contribution in [0.3, 0.4) is 0 Å². The van der Waals surface area contributed by atoms with Crippen molar-refractivity contribution < 1.29 is 14.0 Å². The van der Waals surface area contributed by atoms with E-state index < -0.39 is 5.82 Å². The number of rotatable bonds is 4. The Labute approximate surface area is 203 Å². The van der Waals surface area contributed by atoms with Gasteiger partial charge < -0.3 is 9.80 Å². The second kappa shape index (κ2) is 9.63. The van der Waals surface area contributed by atoms with E-state index in [-0.39, 0.29) is 22.6 Å². The van der Waals surface area contributed by atoms with Crippen LogP contribution in [-0.4, -0.2) is 51.9 Å². The fraction of sp³-hybridized carbons (Fsp3) is 0.286. The highest BCUT2D eigenvalue weighted by Gasteiger charge is 2.47. The fourth-order valence-electron chi connectivity index (χ4n) is 5.11. The zero-order chi connectivity index (χ0) is 23.5. The average Bonchev–Trinajstić information content (AvgIpc) is 3.28. The molecule has 0 aromatic heterocycles. The minimum Gasteiger partial charge on any atom is -0.342 e. The lowest BCUT2D eigenvalue weighted by atomic mass is 9.89. The molecule has 0 unspecified atom stereocenters. The number of benzene rings is 3. The topological polar surface area (TPSA) is 40.6 Å². The molecule has 0 aliphatic carbocycles. The van der Waals surface area contributed by atoms with Gasteiger partial charge in [0, 0.05) is 31.0 Å². The first-order chi connectivity index (χ1) is 16.6. The first-order valence-corrected chi connectivity index (χ1v) is 12.7. The van der Waals surface area contributed by atoms with Gasteiger partial charge in [-0.3, -0.25) is 9.59 Å². The van der Waals surface area contributed by atoms with Crippen LogP contribution in [0.15, 0.2) is 84.9 Å². The van der Waals surface area contributed by atoms with Gasteiger partial charge in [-0.15, -0.1) is 11.8 Å². The molecule has 0 radical (unpaired) electrons. The van der Waals surface area contributed by atoms with Gasteiger partial charge in [-0.2, -0.15) is 0 Å². The number of hydrogen-bond donors (Lipinski definition) is 0. The molecule has 2 aliphatic rings. The second-order valence-corrected chi connectivity index (χ2v) is 10.3. The van der Waals surface area contributed by atoms with Gasteiger partial charge >= 0.3 is 0 Å². The van der Waals surface area contributed by atoms with Gasteiger partial charge in [-0.05, 0) is 42.2 Å².